The van der Waals surface area contributed by atoms with Crippen molar-refractivity contribution in [2.45, 2.75) is 20.3 Å². The number of hydrogen-bond acceptors (Lipinski definition) is 7. The van der Waals surface area contributed by atoms with Gasteiger partial charge in [-0.15, -0.1) is 0 Å². The van der Waals surface area contributed by atoms with E-state index >= 15 is 0 Å². The molecular weight excluding hydrogens is 464 g/mol. The summed E-state index contributed by atoms with van der Waals surface area (Å²) in [6.45, 7) is 9.24. The van der Waals surface area contributed by atoms with Crippen LogP contribution in [-0.4, -0.2) is 63.3 Å². The Labute approximate surface area is 212 Å². The molecule has 0 amide bonds. The normalized spacial score (nSPS) is 11.1. The Morgan fingerprint density at radius 2 is 1.22 bits per heavy atom. The fourth-order valence-corrected chi connectivity index (χ4v) is 2.89. The van der Waals surface area contributed by atoms with E-state index in [1.165, 1.54) is 0 Å². The molecule has 1 N–H and O–H groups in total. The fraction of sp³-hybridized carbons (Fsp3) is 0.357. The maximum absolute atomic E-state index is 11.2. The van der Waals surface area contributed by atoms with Gasteiger partial charge in [0.25, 0.3) is 0 Å². The average molecular weight is 499 g/mol. The molecule has 194 valence electrons. The number of esters is 1. The maximum atomic E-state index is 11.2. The Hall–Kier alpha value is -3.62. The lowest BCUT2D eigenvalue weighted by Crippen LogP contribution is -2.13. The van der Waals surface area contributed by atoms with Crippen LogP contribution in [0.2, 0.25) is 0 Å². The van der Waals surface area contributed by atoms with Crippen molar-refractivity contribution < 1.29 is 38.4 Å². The lowest BCUT2D eigenvalue weighted by Gasteiger charge is -2.10. The lowest BCUT2D eigenvalue weighted by molar-refractivity contribution is -0.140. The zero-order valence-electron chi connectivity index (χ0n) is 20.9. The number of ether oxygens (including phenoxy) is 5. The zero-order chi connectivity index (χ0) is 26.2. The van der Waals surface area contributed by atoms with Gasteiger partial charge in [0, 0.05) is 11.1 Å². The van der Waals surface area contributed by atoms with E-state index in [0.29, 0.717) is 57.2 Å². The van der Waals surface area contributed by atoms with Gasteiger partial charge in [0.1, 0.15) is 31.3 Å². The van der Waals surface area contributed by atoms with Gasteiger partial charge < -0.3 is 28.8 Å². The van der Waals surface area contributed by atoms with Crippen molar-refractivity contribution in [1.29, 1.82) is 0 Å². The minimum atomic E-state index is -0.912. The third kappa shape index (κ3) is 11.2. The average Bonchev–Trinajstić information content (AvgIpc) is 2.88. The minimum absolute atomic E-state index is 0.186. The highest BCUT2D eigenvalue weighted by molar-refractivity contribution is 5.87. The fourth-order valence-electron chi connectivity index (χ4n) is 2.89. The van der Waals surface area contributed by atoms with Gasteiger partial charge in [-0.3, -0.25) is 0 Å². The molecule has 0 fully saturated rings. The molecule has 0 radical (unpaired) electrons. The van der Waals surface area contributed by atoms with Gasteiger partial charge in [-0.05, 0) is 55.7 Å². The molecule has 0 unspecified atom stereocenters. The van der Waals surface area contributed by atoms with Crippen molar-refractivity contribution >= 4 is 11.9 Å². The Bertz CT molecular complexity index is 993. The van der Waals surface area contributed by atoms with Crippen LogP contribution in [0.25, 0.3) is 11.1 Å². The minimum Gasteiger partial charge on any atom is -0.491 e. The number of hydrogen-bond donors (Lipinski definition) is 1. The summed E-state index contributed by atoms with van der Waals surface area (Å²) in [6, 6.07) is 15.6. The second-order valence-corrected chi connectivity index (χ2v) is 7.87. The topological polar surface area (TPSA) is 101 Å². The first kappa shape index (κ1) is 28.6. The summed E-state index contributed by atoms with van der Waals surface area (Å²) in [5.41, 5.74) is 2.79. The van der Waals surface area contributed by atoms with Crippen LogP contribution in [0.15, 0.2) is 72.3 Å². The van der Waals surface area contributed by atoms with Crippen LogP contribution in [0, 0.1) is 0 Å². The molecule has 0 aliphatic rings. The summed E-state index contributed by atoms with van der Waals surface area (Å²) < 4.78 is 27.2. The number of carbonyl (C=O) groups is 2. The third-order valence-corrected chi connectivity index (χ3v) is 4.89. The monoisotopic (exact) mass is 498 g/mol. The summed E-state index contributed by atoms with van der Waals surface area (Å²) in [5, 5.41) is 8.79. The van der Waals surface area contributed by atoms with Crippen LogP contribution in [0.4, 0.5) is 0 Å². The molecule has 8 nitrogen and oxygen atoms in total. The number of carboxylic acids is 1. The summed E-state index contributed by atoms with van der Waals surface area (Å²) in [5.74, 6) is 0.159. The number of carboxylic acid groups (broad SMARTS) is 1. The molecule has 0 aromatic heterocycles. The molecule has 2 aromatic carbocycles. The molecule has 2 aromatic rings. The van der Waals surface area contributed by atoms with Crippen LogP contribution in [0.1, 0.15) is 20.3 Å². The van der Waals surface area contributed by atoms with Gasteiger partial charge in [-0.1, -0.05) is 36.9 Å². The molecule has 8 heteroatoms. The van der Waals surface area contributed by atoms with Gasteiger partial charge in [-0.2, -0.15) is 0 Å². The SMILES string of the molecule is C=C(C)C(=O)OCCOCCOc1ccc(-c2ccc(OCCOCCC=C(C)C(=O)O)cc2)cc1. The van der Waals surface area contributed by atoms with E-state index in [0.717, 1.165) is 22.6 Å². The Kier molecular flexibility index (Phi) is 12.8. The van der Waals surface area contributed by atoms with Crippen LogP contribution in [-0.2, 0) is 23.8 Å². The van der Waals surface area contributed by atoms with Gasteiger partial charge in [0.15, 0.2) is 0 Å². The molecule has 0 saturated heterocycles. The van der Waals surface area contributed by atoms with E-state index < -0.39 is 11.9 Å². The second-order valence-electron chi connectivity index (χ2n) is 7.87. The van der Waals surface area contributed by atoms with E-state index in [9.17, 15) is 9.59 Å². The van der Waals surface area contributed by atoms with Crippen LogP contribution >= 0.6 is 0 Å². The molecule has 0 saturated carbocycles. The first-order chi connectivity index (χ1) is 17.4. The second kappa shape index (κ2) is 16.1. The molecule has 0 atom stereocenters. The Morgan fingerprint density at radius 1 is 0.750 bits per heavy atom. The molecule has 0 spiro atoms. The van der Waals surface area contributed by atoms with Crippen LogP contribution in [0.5, 0.6) is 11.5 Å². The third-order valence-electron chi connectivity index (χ3n) is 4.89. The standard InChI is InChI=1S/C28H34O8/c1-21(2)28(31)36-20-17-33-16-19-35-26-12-8-24(9-13-26)23-6-10-25(11-7-23)34-18-15-32-14-4-5-22(3)27(29)30/h5-13H,1,4,14-20H2,2-3H3,(H,29,30). The highest BCUT2D eigenvalue weighted by Gasteiger charge is 2.03. The Morgan fingerprint density at radius 3 is 1.69 bits per heavy atom. The van der Waals surface area contributed by atoms with Gasteiger partial charge in [0.2, 0.25) is 0 Å². The van der Waals surface area contributed by atoms with Gasteiger partial charge in [0.05, 0.1) is 26.4 Å². The smallest absolute Gasteiger partial charge is 0.333 e. The molecule has 0 aliphatic carbocycles. The maximum Gasteiger partial charge on any atom is 0.333 e. The van der Waals surface area contributed by atoms with E-state index in [2.05, 4.69) is 6.58 Å². The van der Waals surface area contributed by atoms with E-state index in [1.54, 1.807) is 19.9 Å². The first-order valence-electron chi connectivity index (χ1n) is 11.7. The summed E-state index contributed by atoms with van der Waals surface area (Å²) >= 11 is 0. The van der Waals surface area contributed by atoms with Crippen molar-refractivity contribution in [2.75, 3.05) is 46.2 Å². The lowest BCUT2D eigenvalue weighted by atomic mass is 10.1. The van der Waals surface area contributed by atoms with E-state index in [4.69, 9.17) is 28.8 Å². The van der Waals surface area contributed by atoms with E-state index in [-0.39, 0.29) is 6.61 Å². The van der Waals surface area contributed by atoms with Crippen molar-refractivity contribution in [2.24, 2.45) is 0 Å². The number of rotatable bonds is 17. The largest absolute Gasteiger partial charge is 0.491 e. The molecule has 2 rings (SSSR count). The van der Waals surface area contributed by atoms with E-state index in [1.807, 2.05) is 48.5 Å². The first-order valence-corrected chi connectivity index (χ1v) is 11.7. The van der Waals surface area contributed by atoms with Crippen molar-refractivity contribution in [1.82, 2.24) is 0 Å². The quantitative estimate of drug-likeness (QED) is 0.191. The highest BCUT2D eigenvalue weighted by Crippen LogP contribution is 2.24. The van der Waals surface area contributed by atoms with Crippen molar-refractivity contribution in [3.8, 4) is 22.6 Å². The number of aliphatic carboxylic acids is 1. The van der Waals surface area contributed by atoms with Crippen molar-refractivity contribution in [3.63, 3.8) is 0 Å². The summed E-state index contributed by atoms with van der Waals surface area (Å²) in [4.78, 5) is 22.0. The number of carbonyl (C=O) groups excluding carboxylic acids is 1. The highest BCUT2D eigenvalue weighted by atomic mass is 16.6. The summed E-state index contributed by atoms with van der Waals surface area (Å²) in [7, 11) is 0. The molecule has 0 bridgehead atoms. The van der Waals surface area contributed by atoms with Crippen molar-refractivity contribution in [3.05, 3.63) is 72.3 Å². The van der Waals surface area contributed by atoms with Gasteiger partial charge in [-0.25, -0.2) is 9.59 Å². The molecular formula is C28H34O8. The predicted octanol–water partition coefficient (Wildman–Crippen LogP) is 4.68. The summed E-state index contributed by atoms with van der Waals surface area (Å²) in [6.07, 6.45) is 2.20. The predicted molar refractivity (Wildman–Crippen MR) is 136 cm³/mol. The van der Waals surface area contributed by atoms with Gasteiger partial charge >= 0.3 is 11.9 Å². The Balaban J connectivity index is 1.62. The molecule has 0 aliphatic heterocycles. The van der Waals surface area contributed by atoms with Crippen LogP contribution < -0.4 is 9.47 Å². The molecule has 36 heavy (non-hydrogen) atoms. The molecule has 0 heterocycles. The zero-order valence-corrected chi connectivity index (χ0v) is 20.9. The number of benzene rings is 2. The van der Waals surface area contributed by atoms with Crippen LogP contribution in [0.3, 0.4) is 0 Å².